The summed E-state index contributed by atoms with van der Waals surface area (Å²) in [4.78, 5) is 9.69. The minimum Gasteiger partial charge on any atom is -0.480 e. The van der Waals surface area contributed by atoms with Gasteiger partial charge in [0.15, 0.2) is 9.75 Å². The molecule has 0 aliphatic heterocycles. The lowest BCUT2D eigenvalue weighted by molar-refractivity contribution is -0.172. The quantitative estimate of drug-likeness (QED) is 0.654. The number of rotatable bonds is 2. The van der Waals surface area contributed by atoms with Crippen molar-refractivity contribution in [1.82, 2.24) is 0 Å². The van der Waals surface area contributed by atoms with Crippen LogP contribution >= 0.6 is 81.2 Å². The lowest BCUT2D eigenvalue weighted by atomic mass is 9.31. The molecule has 0 heterocycles. The first-order valence-electron chi connectivity index (χ1n) is 5.26. The van der Waals surface area contributed by atoms with Crippen molar-refractivity contribution in [3.05, 3.63) is 11.1 Å². The molecule has 116 valence electrons. The molecule has 0 aromatic heterocycles. The highest BCUT2D eigenvalue weighted by Crippen LogP contribution is 2.92. The first-order chi connectivity index (χ1) is 9.26. The van der Waals surface area contributed by atoms with Gasteiger partial charge in [0.25, 0.3) is 0 Å². The van der Waals surface area contributed by atoms with E-state index in [1.807, 2.05) is 0 Å². The first-order valence-corrected chi connectivity index (χ1v) is 7.90. The van der Waals surface area contributed by atoms with Crippen LogP contribution in [0.4, 0.5) is 0 Å². The predicted octanol–water partition coefficient (Wildman–Crippen LogP) is 3.18. The third-order valence-corrected chi connectivity index (χ3v) is 10.4. The van der Waals surface area contributed by atoms with Crippen LogP contribution in [-0.4, -0.2) is 51.4 Å². The maximum atomic E-state index is 11.6. The average molecular weight is 435 g/mol. The predicted molar refractivity (Wildman–Crippen MR) is 80.7 cm³/mol. The summed E-state index contributed by atoms with van der Waals surface area (Å²) in [5, 5.41) is 18.5. The molecule has 0 amide bonds. The smallest absolute Gasteiger partial charge is 0.329 e. The molecule has 0 spiro atoms. The fourth-order valence-corrected chi connectivity index (χ4v) is 8.43. The van der Waals surface area contributed by atoms with Crippen LogP contribution in [0.15, 0.2) is 11.1 Å². The Morgan fingerprint density at radius 3 is 1.67 bits per heavy atom. The molecule has 4 rings (SSSR count). The van der Waals surface area contributed by atoms with Gasteiger partial charge < -0.3 is 10.2 Å². The molecule has 6 atom stereocenters. The minimum atomic E-state index is -2.42. The number of allylic oxidation sites excluding steroid dienone is 2. The number of hydrogen-bond donors (Lipinski definition) is 2. The van der Waals surface area contributed by atoms with Crippen molar-refractivity contribution in [2.45, 2.75) is 29.2 Å². The van der Waals surface area contributed by atoms with E-state index in [0.717, 1.165) is 6.08 Å². The standard InChI is InChI=1S/C10H3Cl7O4/c11-2-1-5(12)7(14,3(18)19)10(17)6(2,13)8(15,4(20)21)9(5,10)16/h1H,(H,18,19)(H,20,21)/t5-,6+,7+,8+,9+,10-/m1/s1. The second-order valence-corrected chi connectivity index (χ2v) is 8.94. The first kappa shape index (κ1) is 16.6. The van der Waals surface area contributed by atoms with Crippen LogP contribution in [0.25, 0.3) is 0 Å². The van der Waals surface area contributed by atoms with Gasteiger partial charge in [0.05, 0.1) is 0 Å². The van der Waals surface area contributed by atoms with Crippen LogP contribution in [0.3, 0.4) is 0 Å². The molecule has 0 aromatic carbocycles. The van der Waals surface area contributed by atoms with Gasteiger partial charge in [-0.15, -0.1) is 69.6 Å². The Hall–Kier alpha value is 0.710. The van der Waals surface area contributed by atoms with E-state index in [2.05, 4.69) is 0 Å². The SMILES string of the molecule is O=C(O)[C@]1(Cl)[C@]2(Cl)C=C(Cl)[C@]3(Cl)[C@@](Cl)(C(=O)O)[C@]2(Cl)[C@]13Cl. The molecule has 4 aliphatic carbocycles. The van der Waals surface area contributed by atoms with E-state index in [-0.39, 0.29) is 5.03 Å². The zero-order chi connectivity index (χ0) is 16.4. The largest absolute Gasteiger partial charge is 0.480 e. The summed E-state index contributed by atoms with van der Waals surface area (Å²) >= 11 is 43.3. The van der Waals surface area contributed by atoms with E-state index in [1.165, 1.54) is 0 Å². The van der Waals surface area contributed by atoms with Gasteiger partial charge in [0.1, 0.15) is 19.5 Å². The van der Waals surface area contributed by atoms with E-state index in [1.54, 1.807) is 0 Å². The lowest BCUT2D eigenvalue weighted by Crippen LogP contribution is -3.11. The highest BCUT2D eigenvalue weighted by Gasteiger charge is 3.12. The molecule has 2 N–H and O–H groups in total. The zero-order valence-electron chi connectivity index (χ0n) is 9.43. The summed E-state index contributed by atoms with van der Waals surface area (Å²) in [5.74, 6) is -3.24. The second-order valence-electron chi connectivity index (χ2n) is 5.11. The molecular weight excluding hydrogens is 432 g/mol. The Kier molecular flexibility index (Phi) is 2.91. The Morgan fingerprint density at radius 1 is 0.857 bits per heavy atom. The summed E-state index contributed by atoms with van der Waals surface area (Å²) in [5.41, 5.74) is 0. The van der Waals surface area contributed by atoms with Crippen LogP contribution in [0.5, 0.6) is 0 Å². The number of alkyl halides is 6. The number of carboxylic acids is 2. The topological polar surface area (TPSA) is 74.6 Å². The van der Waals surface area contributed by atoms with Gasteiger partial charge in [-0.3, -0.25) is 9.59 Å². The van der Waals surface area contributed by atoms with Crippen LogP contribution in [-0.2, 0) is 9.59 Å². The molecule has 4 bridgehead atoms. The number of carbonyl (C=O) groups is 2. The van der Waals surface area contributed by atoms with E-state index in [4.69, 9.17) is 81.2 Å². The second kappa shape index (κ2) is 3.69. The highest BCUT2D eigenvalue weighted by molar-refractivity contribution is 6.70. The third kappa shape index (κ3) is 0.964. The van der Waals surface area contributed by atoms with Crippen LogP contribution < -0.4 is 0 Å². The monoisotopic (exact) mass is 432 g/mol. The fraction of sp³-hybridized carbons (Fsp3) is 0.600. The molecule has 0 saturated heterocycles. The van der Waals surface area contributed by atoms with Crippen molar-refractivity contribution in [1.29, 1.82) is 0 Å². The maximum Gasteiger partial charge on any atom is 0.329 e. The molecular formula is C10H3Cl7O4. The van der Waals surface area contributed by atoms with Crippen molar-refractivity contribution >= 4 is 93.1 Å². The number of carboxylic acid groups (broad SMARTS) is 2. The summed E-state index contributed by atoms with van der Waals surface area (Å²) in [6, 6.07) is 0. The summed E-state index contributed by atoms with van der Waals surface area (Å²) in [7, 11) is 0. The third-order valence-electron chi connectivity index (χ3n) is 4.62. The van der Waals surface area contributed by atoms with Crippen molar-refractivity contribution < 1.29 is 19.8 Å². The van der Waals surface area contributed by atoms with E-state index in [9.17, 15) is 19.8 Å². The fourth-order valence-electron chi connectivity index (χ4n) is 3.69. The zero-order valence-corrected chi connectivity index (χ0v) is 14.7. The molecule has 4 nitrogen and oxygen atoms in total. The molecule has 0 aromatic rings. The number of aliphatic carboxylic acids is 2. The van der Waals surface area contributed by atoms with Crippen molar-refractivity contribution in [3.63, 3.8) is 0 Å². The maximum absolute atomic E-state index is 11.6. The van der Waals surface area contributed by atoms with Crippen molar-refractivity contribution in [2.75, 3.05) is 0 Å². The van der Waals surface area contributed by atoms with Gasteiger partial charge in [-0.25, -0.2) is 0 Å². The Bertz CT molecular complexity index is 668. The van der Waals surface area contributed by atoms with Crippen molar-refractivity contribution in [3.8, 4) is 0 Å². The van der Waals surface area contributed by atoms with Gasteiger partial charge in [0.2, 0.25) is 0 Å². The van der Waals surface area contributed by atoms with Gasteiger partial charge in [-0.1, -0.05) is 11.6 Å². The van der Waals surface area contributed by atoms with Crippen LogP contribution in [0, 0.1) is 0 Å². The summed E-state index contributed by atoms with van der Waals surface area (Å²) in [6.07, 6.45) is 1.00. The molecule has 0 radical (unpaired) electrons. The van der Waals surface area contributed by atoms with Gasteiger partial charge in [0, 0.05) is 5.03 Å². The summed E-state index contributed by atoms with van der Waals surface area (Å²) in [6.45, 7) is 0. The van der Waals surface area contributed by atoms with Gasteiger partial charge >= 0.3 is 11.9 Å². The Balaban J connectivity index is 2.44. The van der Waals surface area contributed by atoms with Gasteiger partial charge in [-0.05, 0) is 6.08 Å². The van der Waals surface area contributed by atoms with Crippen LogP contribution in [0.2, 0.25) is 0 Å². The lowest BCUT2D eigenvalue weighted by Gasteiger charge is -2.87. The molecule has 2 fully saturated rings. The average Bonchev–Trinajstić information content (AvgIpc) is 2.39. The number of hydrogen-bond acceptors (Lipinski definition) is 2. The van der Waals surface area contributed by atoms with E-state index >= 15 is 0 Å². The normalized spacial score (nSPS) is 60.4. The van der Waals surface area contributed by atoms with Crippen LogP contribution in [0.1, 0.15) is 0 Å². The molecule has 2 saturated carbocycles. The van der Waals surface area contributed by atoms with E-state index < -0.39 is 41.2 Å². The summed E-state index contributed by atoms with van der Waals surface area (Å²) < 4.78 is 0. The molecule has 0 unspecified atom stereocenters. The van der Waals surface area contributed by atoms with Gasteiger partial charge in [-0.2, -0.15) is 0 Å². The molecule has 4 aliphatic rings. The minimum absolute atomic E-state index is 0.313. The number of halogens is 7. The Labute approximate surface area is 152 Å². The molecule has 11 heteroatoms. The van der Waals surface area contributed by atoms with E-state index in [0.29, 0.717) is 0 Å². The highest BCUT2D eigenvalue weighted by atomic mass is 35.5. The Morgan fingerprint density at radius 2 is 1.29 bits per heavy atom. The molecule has 21 heavy (non-hydrogen) atoms. The van der Waals surface area contributed by atoms with Crippen molar-refractivity contribution in [2.24, 2.45) is 0 Å².